The Labute approximate surface area is 166 Å². The molecule has 0 saturated heterocycles. The Hall–Kier alpha value is -2.59. The quantitative estimate of drug-likeness (QED) is 0.552. The van der Waals surface area contributed by atoms with E-state index in [0.29, 0.717) is 5.95 Å². The first-order chi connectivity index (χ1) is 12.7. The summed E-state index contributed by atoms with van der Waals surface area (Å²) in [6, 6.07) is 16.0. The van der Waals surface area contributed by atoms with Crippen LogP contribution in [-0.2, 0) is 0 Å². The zero-order chi connectivity index (χ0) is 19.6. The lowest BCUT2D eigenvalue weighted by Crippen LogP contribution is -2.27. The van der Waals surface area contributed by atoms with Crippen LogP contribution in [0.5, 0.6) is 0 Å². The monoisotopic (exact) mass is 380 g/mol. The van der Waals surface area contributed by atoms with Crippen LogP contribution in [0.2, 0.25) is 5.02 Å². The molecule has 27 heavy (non-hydrogen) atoms. The number of nitrogens with zero attached hydrogens (tertiary/aromatic N) is 2. The van der Waals surface area contributed by atoms with Crippen molar-refractivity contribution in [2.75, 3.05) is 10.6 Å². The molecule has 3 aromatic rings. The molecule has 2 N–H and O–H groups in total. The molecule has 1 aromatic heterocycles. The summed E-state index contributed by atoms with van der Waals surface area (Å²) in [5, 5.41) is 7.56. The molecule has 140 valence electrons. The summed E-state index contributed by atoms with van der Waals surface area (Å²) < 4.78 is 0. The van der Waals surface area contributed by atoms with Gasteiger partial charge in [-0.3, -0.25) is 0 Å². The van der Waals surface area contributed by atoms with Gasteiger partial charge in [0.2, 0.25) is 5.95 Å². The van der Waals surface area contributed by atoms with Gasteiger partial charge in [-0.1, -0.05) is 41.9 Å². The van der Waals surface area contributed by atoms with Crippen LogP contribution in [0.4, 0.5) is 17.5 Å². The summed E-state index contributed by atoms with van der Waals surface area (Å²) in [7, 11) is 0. The number of hydrogen-bond donors (Lipinski definition) is 2. The number of anilines is 3. The van der Waals surface area contributed by atoms with Crippen LogP contribution in [0, 0.1) is 13.8 Å². The van der Waals surface area contributed by atoms with Gasteiger partial charge in [0.15, 0.2) is 0 Å². The molecule has 2 aromatic carbocycles. The molecule has 4 nitrogen and oxygen atoms in total. The third-order valence-electron chi connectivity index (χ3n) is 4.03. The van der Waals surface area contributed by atoms with Crippen LogP contribution in [0.3, 0.4) is 0 Å². The molecular formula is C22H25ClN4. The van der Waals surface area contributed by atoms with Crippen molar-refractivity contribution in [1.82, 2.24) is 9.97 Å². The van der Waals surface area contributed by atoms with Crippen LogP contribution in [0.25, 0.3) is 11.3 Å². The van der Waals surface area contributed by atoms with Crippen molar-refractivity contribution in [3.05, 3.63) is 64.7 Å². The molecule has 0 radical (unpaired) electrons. The summed E-state index contributed by atoms with van der Waals surface area (Å²) >= 11 is 6.16. The first-order valence-corrected chi connectivity index (χ1v) is 9.35. The third kappa shape index (κ3) is 4.98. The second-order valence-corrected chi connectivity index (χ2v) is 8.18. The zero-order valence-corrected chi connectivity index (χ0v) is 17.1. The Balaban J connectivity index is 2.05. The standard InChI is InChI=1S/C22H25ClN4/c1-14-11-17(23)12-15(2)20(14)25-19-13-18(16-9-7-6-8-10-16)24-21(26-19)27-22(3,4)5/h6-13H,1-5H3,(H2,24,25,26,27). The first kappa shape index (κ1) is 19.2. The number of aromatic nitrogens is 2. The van der Waals surface area contributed by atoms with Crippen molar-refractivity contribution < 1.29 is 0 Å². The van der Waals surface area contributed by atoms with Gasteiger partial charge < -0.3 is 10.6 Å². The van der Waals surface area contributed by atoms with Gasteiger partial charge in [-0.25, -0.2) is 4.98 Å². The Bertz CT molecular complexity index is 923. The molecule has 0 bridgehead atoms. The van der Waals surface area contributed by atoms with Gasteiger partial charge in [0.1, 0.15) is 5.82 Å². The first-order valence-electron chi connectivity index (χ1n) is 8.98. The van der Waals surface area contributed by atoms with Crippen molar-refractivity contribution in [1.29, 1.82) is 0 Å². The van der Waals surface area contributed by atoms with Gasteiger partial charge in [-0.05, 0) is 57.9 Å². The lowest BCUT2D eigenvalue weighted by atomic mass is 10.1. The third-order valence-corrected chi connectivity index (χ3v) is 4.25. The minimum absolute atomic E-state index is 0.140. The number of rotatable bonds is 4. The Morgan fingerprint density at radius 2 is 1.52 bits per heavy atom. The van der Waals surface area contributed by atoms with Crippen molar-refractivity contribution in [2.45, 2.75) is 40.2 Å². The van der Waals surface area contributed by atoms with E-state index in [4.69, 9.17) is 16.6 Å². The summed E-state index contributed by atoms with van der Waals surface area (Å²) in [5.41, 5.74) is 4.93. The minimum atomic E-state index is -0.140. The fraction of sp³-hybridized carbons (Fsp3) is 0.273. The highest BCUT2D eigenvalue weighted by atomic mass is 35.5. The number of nitrogens with one attached hydrogen (secondary N) is 2. The van der Waals surface area contributed by atoms with Gasteiger partial charge >= 0.3 is 0 Å². The van der Waals surface area contributed by atoms with Gasteiger partial charge in [0.05, 0.1) is 5.69 Å². The van der Waals surface area contributed by atoms with E-state index in [1.54, 1.807) is 0 Å². The lowest BCUT2D eigenvalue weighted by Gasteiger charge is -2.22. The summed E-state index contributed by atoms with van der Waals surface area (Å²) in [6.07, 6.45) is 0. The summed E-state index contributed by atoms with van der Waals surface area (Å²) in [5.74, 6) is 1.33. The fourth-order valence-electron chi connectivity index (χ4n) is 2.90. The molecule has 0 atom stereocenters. The van der Waals surface area contributed by atoms with Crippen LogP contribution >= 0.6 is 11.6 Å². The fourth-order valence-corrected chi connectivity index (χ4v) is 3.22. The average molecular weight is 381 g/mol. The predicted octanol–water partition coefficient (Wildman–Crippen LogP) is 6.37. The van der Waals surface area contributed by atoms with E-state index >= 15 is 0 Å². The Morgan fingerprint density at radius 3 is 2.11 bits per heavy atom. The maximum absolute atomic E-state index is 6.16. The molecule has 1 heterocycles. The van der Waals surface area contributed by atoms with Crippen molar-refractivity contribution in [3.63, 3.8) is 0 Å². The normalized spacial score (nSPS) is 11.3. The second-order valence-electron chi connectivity index (χ2n) is 7.74. The van der Waals surface area contributed by atoms with Crippen LogP contribution in [0.15, 0.2) is 48.5 Å². The molecule has 0 unspecified atom stereocenters. The van der Waals surface area contributed by atoms with E-state index in [0.717, 1.165) is 38.9 Å². The predicted molar refractivity (Wildman–Crippen MR) is 115 cm³/mol. The Kier molecular flexibility index (Phi) is 5.38. The highest BCUT2D eigenvalue weighted by molar-refractivity contribution is 6.30. The van der Waals surface area contributed by atoms with E-state index in [1.807, 2.05) is 62.4 Å². The number of halogens is 1. The van der Waals surface area contributed by atoms with Crippen molar-refractivity contribution in [2.24, 2.45) is 0 Å². The zero-order valence-electron chi connectivity index (χ0n) is 16.4. The van der Waals surface area contributed by atoms with Crippen LogP contribution < -0.4 is 10.6 Å². The smallest absolute Gasteiger partial charge is 0.225 e. The van der Waals surface area contributed by atoms with Crippen LogP contribution in [0.1, 0.15) is 31.9 Å². The topological polar surface area (TPSA) is 49.8 Å². The maximum Gasteiger partial charge on any atom is 0.225 e. The van der Waals surface area contributed by atoms with Crippen molar-refractivity contribution in [3.8, 4) is 11.3 Å². The number of hydrogen-bond acceptors (Lipinski definition) is 4. The molecular weight excluding hydrogens is 356 g/mol. The Morgan fingerprint density at radius 1 is 0.889 bits per heavy atom. The summed E-state index contributed by atoms with van der Waals surface area (Å²) in [4.78, 5) is 9.38. The van der Waals surface area contributed by atoms with Gasteiger partial charge in [-0.2, -0.15) is 4.98 Å². The van der Waals surface area contributed by atoms with Gasteiger partial charge in [0, 0.05) is 27.9 Å². The molecule has 0 aliphatic heterocycles. The molecule has 0 amide bonds. The van der Waals surface area contributed by atoms with Crippen molar-refractivity contribution >= 4 is 29.1 Å². The average Bonchev–Trinajstić information content (AvgIpc) is 2.57. The van der Waals surface area contributed by atoms with E-state index in [2.05, 4.69) is 36.4 Å². The lowest BCUT2D eigenvalue weighted by molar-refractivity contribution is 0.626. The molecule has 0 saturated carbocycles. The van der Waals surface area contributed by atoms with E-state index in [1.165, 1.54) is 0 Å². The van der Waals surface area contributed by atoms with E-state index in [9.17, 15) is 0 Å². The molecule has 0 fully saturated rings. The number of benzene rings is 2. The highest BCUT2D eigenvalue weighted by Gasteiger charge is 2.15. The SMILES string of the molecule is Cc1cc(Cl)cc(C)c1Nc1cc(-c2ccccc2)nc(NC(C)(C)C)n1. The van der Waals surface area contributed by atoms with E-state index in [-0.39, 0.29) is 5.54 Å². The molecule has 0 aliphatic rings. The second kappa shape index (κ2) is 7.57. The highest BCUT2D eigenvalue weighted by Crippen LogP contribution is 2.29. The molecule has 5 heteroatoms. The molecule has 3 rings (SSSR count). The molecule has 0 spiro atoms. The number of aryl methyl sites for hydroxylation is 2. The maximum atomic E-state index is 6.16. The molecule has 0 aliphatic carbocycles. The van der Waals surface area contributed by atoms with Gasteiger partial charge in [-0.15, -0.1) is 0 Å². The van der Waals surface area contributed by atoms with Crippen LogP contribution in [-0.4, -0.2) is 15.5 Å². The van der Waals surface area contributed by atoms with E-state index < -0.39 is 0 Å². The minimum Gasteiger partial charge on any atom is -0.350 e. The van der Waals surface area contributed by atoms with Gasteiger partial charge in [0.25, 0.3) is 0 Å². The largest absolute Gasteiger partial charge is 0.350 e. The summed E-state index contributed by atoms with van der Waals surface area (Å²) in [6.45, 7) is 10.3.